The predicted octanol–water partition coefficient (Wildman–Crippen LogP) is 2.16. The van der Waals surface area contributed by atoms with Gasteiger partial charge in [0.2, 0.25) is 0 Å². The average molecular weight is 421 g/mol. The summed E-state index contributed by atoms with van der Waals surface area (Å²) in [5.41, 5.74) is 2.62. The summed E-state index contributed by atoms with van der Waals surface area (Å²) in [6.45, 7) is 1.00. The van der Waals surface area contributed by atoms with E-state index >= 15 is 0 Å². The number of tetrazole rings is 1. The van der Waals surface area contributed by atoms with E-state index in [0.717, 1.165) is 10.6 Å². The van der Waals surface area contributed by atoms with Gasteiger partial charge in [-0.2, -0.15) is 0 Å². The van der Waals surface area contributed by atoms with Crippen molar-refractivity contribution < 1.29 is 14.0 Å². The summed E-state index contributed by atoms with van der Waals surface area (Å²) in [5.74, 6) is -0.352. The van der Waals surface area contributed by atoms with Crippen LogP contribution in [0.2, 0.25) is 0 Å². The Balaban J connectivity index is 1.31. The Kier molecular flexibility index (Phi) is 4.56. The van der Waals surface area contributed by atoms with Crippen LogP contribution in [0.4, 0.5) is 5.13 Å². The zero-order valence-corrected chi connectivity index (χ0v) is 16.4. The van der Waals surface area contributed by atoms with Crippen molar-refractivity contribution >= 4 is 28.3 Å². The van der Waals surface area contributed by atoms with Crippen molar-refractivity contribution in [1.82, 2.24) is 30.1 Å². The molecule has 0 aliphatic carbocycles. The molecule has 5 rings (SSSR count). The molecule has 0 saturated carbocycles. The highest BCUT2D eigenvalue weighted by Crippen LogP contribution is 2.29. The summed E-state index contributed by atoms with van der Waals surface area (Å²) < 4.78 is 6.44. The molecule has 0 bridgehead atoms. The fourth-order valence-electron chi connectivity index (χ4n) is 3.23. The number of hydrogen-bond donors (Lipinski definition) is 1. The number of carbonyl (C=O) groups is 2. The number of benzene rings is 1. The Labute approximate surface area is 174 Å². The van der Waals surface area contributed by atoms with E-state index in [9.17, 15) is 9.59 Å². The molecule has 10 nitrogen and oxygen atoms in total. The van der Waals surface area contributed by atoms with Gasteiger partial charge < -0.3 is 9.32 Å². The van der Waals surface area contributed by atoms with Crippen LogP contribution in [0.3, 0.4) is 0 Å². The number of furan rings is 1. The summed E-state index contributed by atoms with van der Waals surface area (Å²) in [6.07, 6.45) is 4.94. The second kappa shape index (κ2) is 7.52. The lowest BCUT2D eigenvalue weighted by molar-refractivity contribution is 0.0736. The molecule has 4 aromatic rings. The molecule has 11 heteroatoms. The molecule has 1 aliphatic heterocycles. The number of nitrogens with zero attached hydrogens (tertiary/aromatic N) is 6. The van der Waals surface area contributed by atoms with E-state index in [2.05, 4.69) is 25.8 Å². The van der Waals surface area contributed by atoms with Gasteiger partial charge in [0, 0.05) is 23.4 Å². The van der Waals surface area contributed by atoms with Gasteiger partial charge in [0.05, 0.1) is 29.8 Å². The first-order chi connectivity index (χ1) is 14.7. The topological polar surface area (TPSA) is 119 Å². The molecule has 1 aliphatic rings. The molecule has 0 unspecified atom stereocenters. The van der Waals surface area contributed by atoms with Crippen LogP contribution >= 0.6 is 11.3 Å². The lowest BCUT2D eigenvalue weighted by Crippen LogP contribution is -2.35. The molecule has 4 heterocycles. The number of rotatable bonds is 4. The Hall–Kier alpha value is -3.86. The van der Waals surface area contributed by atoms with E-state index in [4.69, 9.17) is 4.42 Å². The number of amides is 2. The lowest BCUT2D eigenvalue weighted by Gasteiger charge is -2.26. The first-order valence-corrected chi connectivity index (χ1v) is 9.94. The first-order valence-electron chi connectivity index (χ1n) is 9.12. The second-order valence-corrected chi connectivity index (χ2v) is 7.72. The first kappa shape index (κ1) is 18.2. The van der Waals surface area contributed by atoms with Crippen LogP contribution < -0.4 is 5.32 Å². The van der Waals surface area contributed by atoms with Gasteiger partial charge in [0.15, 0.2) is 5.13 Å². The fourth-order valence-corrected chi connectivity index (χ4v) is 4.25. The molecule has 1 aromatic carbocycles. The highest BCUT2D eigenvalue weighted by Gasteiger charge is 2.25. The van der Waals surface area contributed by atoms with Crippen LogP contribution in [-0.2, 0) is 13.0 Å². The van der Waals surface area contributed by atoms with Crippen molar-refractivity contribution in [2.24, 2.45) is 0 Å². The van der Waals surface area contributed by atoms with E-state index in [0.29, 0.717) is 41.5 Å². The van der Waals surface area contributed by atoms with Gasteiger partial charge in [-0.1, -0.05) is 17.4 Å². The zero-order valence-electron chi connectivity index (χ0n) is 15.6. The molecule has 0 spiro atoms. The van der Waals surface area contributed by atoms with E-state index in [1.807, 2.05) is 6.07 Å². The Morgan fingerprint density at radius 2 is 2.13 bits per heavy atom. The summed E-state index contributed by atoms with van der Waals surface area (Å²) >= 11 is 1.38. The molecule has 150 valence electrons. The van der Waals surface area contributed by atoms with Crippen molar-refractivity contribution in [3.8, 4) is 5.69 Å². The van der Waals surface area contributed by atoms with E-state index < -0.39 is 0 Å². The van der Waals surface area contributed by atoms with Crippen molar-refractivity contribution in [2.45, 2.75) is 13.0 Å². The van der Waals surface area contributed by atoms with Gasteiger partial charge >= 0.3 is 0 Å². The van der Waals surface area contributed by atoms with Gasteiger partial charge in [-0.05, 0) is 34.7 Å². The van der Waals surface area contributed by atoms with Crippen LogP contribution in [0.25, 0.3) is 5.69 Å². The summed E-state index contributed by atoms with van der Waals surface area (Å²) in [7, 11) is 0. The monoisotopic (exact) mass is 421 g/mol. The fraction of sp³-hybridized carbons (Fsp3) is 0.158. The average Bonchev–Trinajstić information content (AvgIpc) is 3.54. The number of aromatic nitrogens is 5. The molecule has 1 N–H and O–H groups in total. The van der Waals surface area contributed by atoms with Crippen molar-refractivity contribution in [3.63, 3.8) is 0 Å². The van der Waals surface area contributed by atoms with E-state index in [1.165, 1.54) is 34.9 Å². The normalized spacial score (nSPS) is 13.1. The van der Waals surface area contributed by atoms with Crippen molar-refractivity contribution in [3.05, 3.63) is 70.9 Å². The molecule has 0 fully saturated rings. The Morgan fingerprint density at radius 1 is 1.20 bits per heavy atom. The maximum Gasteiger partial charge on any atom is 0.260 e. The molecule has 2 amide bonds. The van der Waals surface area contributed by atoms with Crippen LogP contribution in [0.5, 0.6) is 0 Å². The van der Waals surface area contributed by atoms with Gasteiger partial charge in [0.1, 0.15) is 12.6 Å². The number of thiazole rings is 1. The molecule has 30 heavy (non-hydrogen) atoms. The third-order valence-electron chi connectivity index (χ3n) is 4.73. The Bertz CT molecular complexity index is 1200. The third kappa shape index (κ3) is 3.46. The number of anilines is 1. The molecular weight excluding hydrogens is 406 g/mol. The van der Waals surface area contributed by atoms with Crippen LogP contribution in [0, 0.1) is 0 Å². The molecule has 0 radical (unpaired) electrons. The number of hydrogen-bond acceptors (Lipinski definition) is 8. The quantitative estimate of drug-likeness (QED) is 0.536. The van der Waals surface area contributed by atoms with Crippen LogP contribution in [-0.4, -0.2) is 48.5 Å². The van der Waals surface area contributed by atoms with Crippen molar-refractivity contribution in [2.75, 3.05) is 11.9 Å². The van der Waals surface area contributed by atoms with Gasteiger partial charge in [-0.25, -0.2) is 9.67 Å². The molecule has 3 aromatic heterocycles. The summed E-state index contributed by atoms with van der Waals surface area (Å²) in [4.78, 5) is 32.5. The largest absolute Gasteiger partial charge is 0.472 e. The second-order valence-electron chi connectivity index (χ2n) is 6.64. The lowest BCUT2D eigenvalue weighted by atomic mass is 10.1. The Morgan fingerprint density at radius 3 is 2.93 bits per heavy atom. The molecular formula is C19H15N7O3S. The SMILES string of the molecule is O=C(Nc1nc2c(s1)CN(C(=O)c1cccc(-n3cnnn3)c1)CC2)c1ccoc1. The molecule has 0 atom stereocenters. The summed E-state index contributed by atoms with van der Waals surface area (Å²) in [5, 5.41) is 14.4. The highest BCUT2D eigenvalue weighted by atomic mass is 32.1. The van der Waals surface area contributed by atoms with Crippen LogP contribution in [0.1, 0.15) is 31.3 Å². The predicted molar refractivity (Wildman–Crippen MR) is 106 cm³/mol. The van der Waals surface area contributed by atoms with E-state index in [-0.39, 0.29) is 11.8 Å². The number of nitrogens with one attached hydrogen (secondary N) is 1. The minimum absolute atomic E-state index is 0.0760. The third-order valence-corrected chi connectivity index (χ3v) is 5.73. The standard InChI is InChI=1S/C19H15N7O3S/c27-17(13-5-7-29-10-13)22-19-21-15-4-6-25(9-16(15)30-19)18(28)12-2-1-3-14(8-12)26-11-20-23-24-26/h1-3,5,7-8,10-11H,4,6,9H2,(H,21,22,27). The van der Waals surface area contributed by atoms with Crippen LogP contribution in [0.15, 0.2) is 53.6 Å². The maximum absolute atomic E-state index is 13.0. The van der Waals surface area contributed by atoms with E-state index in [1.54, 1.807) is 29.2 Å². The summed E-state index contributed by atoms with van der Waals surface area (Å²) in [6, 6.07) is 8.76. The van der Waals surface area contributed by atoms with Crippen molar-refractivity contribution in [1.29, 1.82) is 0 Å². The minimum Gasteiger partial charge on any atom is -0.472 e. The van der Waals surface area contributed by atoms with Gasteiger partial charge in [-0.3, -0.25) is 14.9 Å². The number of carbonyl (C=O) groups excluding carboxylic acids is 2. The zero-order chi connectivity index (χ0) is 20.5. The smallest absolute Gasteiger partial charge is 0.260 e. The van der Waals surface area contributed by atoms with Gasteiger partial charge in [0.25, 0.3) is 11.8 Å². The van der Waals surface area contributed by atoms with Gasteiger partial charge in [-0.15, -0.1) is 5.10 Å². The minimum atomic E-state index is -0.276. The molecule has 0 saturated heterocycles. The number of fused-ring (bicyclic) bond motifs is 1. The maximum atomic E-state index is 13.0. The highest BCUT2D eigenvalue weighted by molar-refractivity contribution is 7.15.